The van der Waals surface area contributed by atoms with Gasteiger partial charge in [0.1, 0.15) is 5.69 Å². The predicted octanol–water partition coefficient (Wildman–Crippen LogP) is 4.14. The molecular formula is C20H20N4OS. The summed E-state index contributed by atoms with van der Waals surface area (Å²) in [5.41, 5.74) is 3.07. The number of nitrogens with one attached hydrogen (secondary N) is 1. The van der Waals surface area contributed by atoms with Crippen LogP contribution in [0.25, 0.3) is 10.8 Å². The first kappa shape index (κ1) is 16.8. The number of amides is 1. The Hall–Kier alpha value is -2.60. The van der Waals surface area contributed by atoms with Crippen molar-refractivity contribution in [3.05, 3.63) is 64.9 Å². The van der Waals surface area contributed by atoms with Crippen LogP contribution in [0.5, 0.6) is 0 Å². The molecule has 0 aliphatic heterocycles. The van der Waals surface area contributed by atoms with E-state index in [4.69, 9.17) is 0 Å². The van der Waals surface area contributed by atoms with Gasteiger partial charge < -0.3 is 5.32 Å². The van der Waals surface area contributed by atoms with Crippen molar-refractivity contribution in [2.75, 3.05) is 0 Å². The van der Waals surface area contributed by atoms with Gasteiger partial charge in [0.05, 0.1) is 6.04 Å². The fourth-order valence-corrected chi connectivity index (χ4v) is 4.23. The van der Waals surface area contributed by atoms with Crippen LogP contribution in [0.4, 0.5) is 0 Å². The quantitative estimate of drug-likeness (QED) is 0.758. The van der Waals surface area contributed by atoms with Gasteiger partial charge in [0, 0.05) is 17.8 Å². The van der Waals surface area contributed by atoms with Crippen LogP contribution in [0.15, 0.2) is 48.1 Å². The van der Waals surface area contributed by atoms with E-state index in [-0.39, 0.29) is 17.4 Å². The largest absolute Gasteiger partial charge is 0.344 e. The van der Waals surface area contributed by atoms with Crippen LogP contribution in [0.2, 0.25) is 0 Å². The molecule has 0 saturated carbocycles. The van der Waals surface area contributed by atoms with E-state index < -0.39 is 0 Å². The van der Waals surface area contributed by atoms with Gasteiger partial charge in [0.25, 0.3) is 5.91 Å². The Balaban J connectivity index is 1.55. The molecule has 1 amide bonds. The zero-order valence-electron chi connectivity index (χ0n) is 14.8. The van der Waals surface area contributed by atoms with Crippen molar-refractivity contribution in [1.82, 2.24) is 20.3 Å². The van der Waals surface area contributed by atoms with E-state index in [9.17, 15) is 4.79 Å². The second-order valence-electron chi connectivity index (χ2n) is 7.15. The van der Waals surface area contributed by atoms with Crippen molar-refractivity contribution in [3.63, 3.8) is 0 Å². The van der Waals surface area contributed by atoms with Crippen LogP contribution in [0, 0.1) is 0 Å². The van der Waals surface area contributed by atoms with E-state index in [1.807, 2.05) is 6.07 Å². The summed E-state index contributed by atoms with van der Waals surface area (Å²) in [5, 5.41) is 5.58. The standard InChI is InChI=1S/C20H20N4OS/c1-20(2)9-8-15(13-6-3-4-7-14(13)20)23-18(25)16-12-26-19(24-16)17-21-10-5-11-22-17/h3-7,10-12,15H,8-9H2,1-2H3,(H,23,25). The van der Waals surface area contributed by atoms with Gasteiger partial charge in [0.15, 0.2) is 10.8 Å². The second-order valence-corrected chi connectivity index (χ2v) is 8.00. The molecule has 5 nitrogen and oxygen atoms in total. The fraction of sp³-hybridized carbons (Fsp3) is 0.300. The zero-order chi connectivity index (χ0) is 18.1. The maximum Gasteiger partial charge on any atom is 0.271 e. The number of nitrogens with zero attached hydrogens (tertiary/aromatic N) is 3. The molecule has 1 atom stereocenters. The summed E-state index contributed by atoms with van der Waals surface area (Å²) in [5.74, 6) is 0.393. The highest BCUT2D eigenvalue weighted by atomic mass is 32.1. The van der Waals surface area contributed by atoms with Crippen LogP contribution in [0.1, 0.15) is 54.3 Å². The minimum atomic E-state index is -0.150. The first-order chi connectivity index (χ1) is 12.5. The minimum Gasteiger partial charge on any atom is -0.344 e. The van der Waals surface area contributed by atoms with Gasteiger partial charge in [-0.05, 0) is 35.4 Å². The Morgan fingerprint density at radius 3 is 2.77 bits per heavy atom. The van der Waals surface area contributed by atoms with Crippen molar-refractivity contribution in [2.45, 2.75) is 38.1 Å². The van der Waals surface area contributed by atoms with Gasteiger partial charge in [-0.3, -0.25) is 4.79 Å². The van der Waals surface area contributed by atoms with Gasteiger partial charge in [-0.2, -0.15) is 0 Å². The van der Waals surface area contributed by atoms with Crippen molar-refractivity contribution in [2.24, 2.45) is 0 Å². The number of thiazole rings is 1. The lowest BCUT2D eigenvalue weighted by atomic mass is 9.71. The van der Waals surface area contributed by atoms with E-state index in [1.54, 1.807) is 23.8 Å². The van der Waals surface area contributed by atoms with Crippen LogP contribution < -0.4 is 5.32 Å². The molecular weight excluding hydrogens is 344 g/mol. The monoisotopic (exact) mass is 364 g/mol. The molecule has 2 aromatic heterocycles. The van der Waals surface area contributed by atoms with Crippen LogP contribution >= 0.6 is 11.3 Å². The molecule has 26 heavy (non-hydrogen) atoms. The summed E-state index contributed by atoms with van der Waals surface area (Å²) >= 11 is 1.38. The molecule has 132 valence electrons. The molecule has 1 aromatic carbocycles. The number of hydrogen-bond donors (Lipinski definition) is 1. The van der Waals surface area contributed by atoms with Gasteiger partial charge in [-0.15, -0.1) is 11.3 Å². The molecule has 0 bridgehead atoms. The average molecular weight is 364 g/mol. The number of carbonyl (C=O) groups excluding carboxylic acids is 1. The molecule has 0 fully saturated rings. The number of hydrogen-bond acceptors (Lipinski definition) is 5. The normalized spacial score (nSPS) is 18.2. The Bertz CT molecular complexity index is 936. The summed E-state index contributed by atoms with van der Waals surface area (Å²) in [6, 6.07) is 10.2. The molecule has 0 spiro atoms. The molecule has 1 N–H and O–H groups in total. The number of carbonyl (C=O) groups is 1. The topological polar surface area (TPSA) is 67.8 Å². The Kier molecular flexibility index (Phi) is 4.28. The first-order valence-electron chi connectivity index (χ1n) is 8.68. The van der Waals surface area contributed by atoms with E-state index >= 15 is 0 Å². The van der Waals surface area contributed by atoms with E-state index in [1.165, 1.54) is 22.5 Å². The van der Waals surface area contributed by atoms with Gasteiger partial charge in [0.2, 0.25) is 0 Å². The number of aromatic nitrogens is 3. The number of benzene rings is 1. The third kappa shape index (κ3) is 3.12. The average Bonchev–Trinajstić information content (AvgIpc) is 3.15. The third-order valence-electron chi connectivity index (χ3n) is 4.92. The third-order valence-corrected chi connectivity index (χ3v) is 5.76. The molecule has 0 saturated heterocycles. The lowest BCUT2D eigenvalue weighted by Crippen LogP contribution is -2.35. The summed E-state index contributed by atoms with van der Waals surface area (Å²) in [6.07, 6.45) is 5.30. The highest BCUT2D eigenvalue weighted by Crippen LogP contribution is 2.41. The van der Waals surface area contributed by atoms with E-state index in [2.05, 4.69) is 52.3 Å². The van der Waals surface area contributed by atoms with Crippen LogP contribution in [-0.2, 0) is 5.41 Å². The Morgan fingerprint density at radius 2 is 1.96 bits per heavy atom. The molecule has 1 aliphatic rings. The minimum absolute atomic E-state index is 0.0184. The SMILES string of the molecule is CC1(C)CCC(NC(=O)c2csc(-c3ncccn3)n2)c2ccccc21. The van der Waals surface area contributed by atoms with Gasteiger partial charge in [-0.25, -0.2) is 15.0 Å². The van der Waals surface area contributed by atoms with Crippen molar-refractivity contribution in [3.8, 4) is 10.8 Å². The van der Waals surface area contributed by atoms with Crippen molar-refractivity contribution in [1.29, 1.82) is 0 Å². The molecule has 4 rings (SSSR count). The van der Waals surface area contributed by atoms with Crippen molar-refractivity contribution >= 4 is 17.2 Å². The summed E-state index contributed by atoms with van der Waals surface area (Å²) in [7, 11) is 0. The predicted molar refractivity (Wildman–Crippen MR) is 102 cm³/mol. The van der Waals surface area contributed by atoms with Crippen LogP contribution in [-0.4, -0.2) is 20.9 Å². The van der Waals surface area contributed by atoms with E-state index in [0.29, 0.717) is 16.5 Å². The molecule has 3 aromatic rings. The number of rotatable bonds is 3. The highest BCUT2D eigenvalue weighted by molar-refractivity contribution is 7.13. The van der Waals surface area contributed by atoms with E-state index in [0.717, 1.165) is 12.8 Å². The maximum atomic E-state index is 12.7. The van der Waals surface area contributed by atoms with Gasteiger partial charge in [-0.1, -0.05) is 38.1 Å². The lowest BCUT2D eigenvalue weighted by molar-refractivity contribution is 0.0925. The van der Waals surface area contributed by atoms with Crippen molar-refractivity contribution < 1.29 is 4.79 Å². The first-order valence-corrected chi connectivity index (χ1v) is 9.56. The zero-order valence-corrected chi connectivity index (χ0v) is 15.6. The summed E-state index contributed by atoms with van der Waals surface area (Å²) < 4.78 is 0. The lowest BCUT2D eigenvalue weighted by Gasteiger charge is -2.37. The second kappa shape index (κ2) is 6.61. The highest BCUT2D eigenvalue weighted by Gasteiger charge is 2.33. The van der Waals surface area contributed by atoms with Crippen LogP contribution in [0.3, 0.4) is 0 Å². The molecule has 2 heterocycles. The molecule has 1 unspecified atom stereocenters. The smallest absolute Gasteiger partial charge is 0.271 e. The summed E-state index contributed by atoms with van der Waals surface area (Å²) in [4.78, 5) is 25.5. The maximum absolute atomic E-state index is 12.7. The Morgan fingerprint density at radius 1 is 1.19 bits per heavy atom. The van der Waals surface area contributed by atoms with Gasteiger partial charge >= 0.3 is 0 Å². The number of fused-ring (bicyclic) bond motifs is 1. The molecule has 0 radical (unpaired) electrons. The fourth-order valence-electron chi connectivity index (χ4n) is 3.48. The molecule has 1 aliphatic carbocycles. The summed E-state index contributed by atoms with van der Waals surface area (Å²) in [6.45, 7) is 4.52. The Labute approximate surface area is 156 Å². The molecule has 6 heteroatoms.